The van der Waals surface area contributed by atoms with Gasteiger partial charge < -0.3 is 4.74 Å². The topological polar surface area (TPSA) is 44.8 Å². The van der Waals surface area contributed by atoms with E-state index in [9.17, 15) is 4.79 Å². The monoisotopic (exact) mass is 223 g/mol. The lowest BCUT2D eigenvalue weighted by Gasteiger charge is -2.05. The van der Waals surface area contributed by atoms with Crippen LogP contribution in [0.2, 0.25) is 0 Å². The lowest BCUT2D eigenvalue weighted by atomic mass is 10.2. The molecule has 1 radical (unpaired) electrons. The zero-order valence-electron chi connectivity index (χ0n) is 9.27. The van der Waals surface area contributed by atoms with Gasteiger partial charge in [0.05, 0.1) is 18.8 Å². The van der Waals surface area contributed by atoms with Crippen LogP contribution in [-0.4, -0.2) is 19.2 Å². The van der Waals surface area contributed by atoms with Gasteiger partial charge in [-0.3, -0.25) is 4.89 Å². The number of hydrogen-bond acceptors (Lipinski definition) is 4. The summed E-state index contributed by atoms with van der Waals surface area (Å²) >= 11 is 0. The van der Waals surface area contributed by atoms with Crippen molar-refractivity contribution in [3.05, 3.63) is 36.8 Å². The van der Waals surface area contributed by atoms with Crippen LogP contribution in [-0.2, 0) is 9.78 Å². The van der Waals surface area contributed by atoms with Crippen molar-refractivity contribution in [3.63, 3.8) is 0 Å². The Kier molecular flexibility index (Phi) is 5.36. The molecule has 16 heavy (non-hydrogen) atoms. The number of benzene rings is 1. The number of rotatable bonds is 6. The molecule has 0 aromatic heterocycles. The van der Waals surface area contributed by atoms with Gasteiger partial charge in [0.1, 0.15) is 5.75 Å². The second kappa shape index (κ2) is 6.85. The van der Waals surface area contributed by atoms with E-state index in [-0.39, 0.29) is 6.61 Å². The molecule has 87 valence electrons. The minimum atomic E-state index is -0.532. The first-order valence-corrected chi connectivity index (χ1v) is 5.13. The van der Waals surface area contributed by atoms with Crippen LogP contribution in [0.5, 0.6) is 5.75 Å². The SMILES string of the molecule is [CH2]CCOOC(=O)c1cccc(OCC)c1. The quantitative estimate of drug-likeness (QED) is 0.422. The van der Waals surface area contributed by atoms with Crippen LogP contribution in [0.4, 0.5) is 0 Å². The van der Waals surface area contributed by atoms with E-state index in [1.165, 1.54) is 0 Å². The molecule has 4 nitrogen and oxygen atoms in total. The maximum absolute atomic E-state index is 11.5. The molecule has 0 saturated heterocycles. The van der Waals surface area contributed by atoms with Crippen LogP contribution < -0.4 is 4.74 Å². The van der Waals surface area contributed by atoms with E-state index in [4.69, 9.17) is 4.74 Å². The highest BCUT2D eigenvalue weighted by molar-refractivity contribution is 5.89. The predicted molar refractivity (Wildman–Crippen MR) is 59.0 cm³/mol. The van der Waals surface area contributed by atoms with Gasteiger partial charge in [-0.2, -0.15) is 4.89 Å². The van der Waals surface area contributed by atoms with Gasteiger partial charge in [-0.15, -0.1) is 0 Å². The number of carbonyl (C=O) groups excluding carboxylic acids is 1. The number of hydrogen-bond donors (Lipinski definition) is 0. The zero-order chi connectivity index (χ0) is 11.8. The fourth-order valence-electron chi connectivity index (χ4n) is 1.08. The van der Waals surface area contributed by atoms with Crippen LogP contribution in [0, 0.1) is 6.92 Å². The Hall–Kier alpha value is -1.55. The summed E-state index contributed by atoms with van der Waals surface area (Å²) in [5.41, 5.74) is 0.398. The fraction of sp³-hybridized carbons (Fsp3) is 0.333. The molecule has 0 aliphatic rings. The Balaban J connectivity index is 2.57. The Morgan fingerprint density at radius 1 is 1.44 bits per heavy atom. The predicted octanol–water partition coefficient (Wildman–Crippen LogP) is 2.40. The number of carbonyl (C=O) groups is 1. The average molecular weight is 223 g/mol. The molecule has 0 heterocycles. The first-order chi connectivity index (χ1) is 7.77. The van der Waals surface area contributed by atoms with Gasteiger partial charge in [-0.1, -0.05) is 13.0 Å². The second-order valence-electron chi connectivity index (χ2n) is 3.01. The average Bonchev–Trinajstić information content (AvgIpc) is 2.30. The van der Waals surface area contributed by atoms with Crippen molar-refractivity contribution in [3.8, 4) is 5.75 Å². The molecule has 0 saturated carbocycles. The van der Waals surface area contributed by atoms with Crippen molar-refractivity contribution >= 4 is 5.97 Å². The Bertz CT molecular complexity index is 336. The molecule has 0 atom stereocenters. The smallest absolute Gasteiger partial charge is 0.373 e. The van der Waals surface area contributed by atoms with Crippen LogP contribution in [0.25, 0.3) is 0 Å². The van der Waals surface area contributed by atoms with E-state index in [1.807, 2.05) is 6.92 Å². The minimum Gasteiger partial charge on any atom is -0.494 e. The van der Waals surface area contributed by atoms with Gasteiger partial charge in [0, 0.05) is 0 Å². The molecule has 0 aliphatic carbocycles. The van der Waals surface area contributed by atoms with Crippen LogP contribution >= 0.6 is 0 Å². The molecular weight excluding hydrogens is 208 g/mol. The van der Waals surface area contributed by atoms with Gasteiger partial charge in [0.25, 0.3) is 0 Å². The molecule has 0 aliphatic heterocycles. The van der Waals surface area contributed by atoms with Crippen LogP contribution in [0.15, 0.2) is 24.3 Å². The third kappa shape index (κ3) is 3.90. The Morgan fingerprint density at radius 2 is 2.25 bits per heavy atom. The van der Waals surface area contributed by atoms with E-state index in [1.54, 1.807) is 24.3 Å². The van der Waals surface area contributed by atoms with E-state index in [0.717, 1.165) is 0 Å². The molecule has 0 fully saturated rings. The van der Waals surface area contributed by atoms with Crippen LogP contribution in [0.1, 0.15) is 23.7 Å². The summed E-state index contributed by atoms with van der Waals surface area (Å²) in [5, 5.41) is 0. The summed E-state index contributed by atoms with van der Waals surface area (Å²) in [5.74, 6) is 0.101. The molecule has 1 rings (SSSR count). The summed E-state index contributed by atoms with van der Waals surface area (Å²) in [6.45, 7) is 6.28. The highest BCUT2D eigenvalue weighted by atomic mass is 17.2. The third-order valence-corrected chi connectivity index (χ3v) is 1.74. The lowest BCUT2D eigenvalue weighted by Crippen LogP contribution is -2.07. The van der Waals surface area contributed by atoms with Crippen molar-refractivity contribution < 1.29 is 19.3 Å². The summed E-state index contributed by atoms with van der Waals surface area (Å²) in [7, 11) is 0. The third-order valence-electron chi connectivity index (χ3n) is 1.74. The normalized spacial score (nSPS) is 9.88. The summed E-state index contributed by atoms with van der Waals surface area (Å²) in [4.78, 5) is 20.7. The summed E-state index contributed by atoms with van der Waals surface area (Å²) in [6, 6.07) is 6.75. The molecule has 0 unspecified atom stereocenters. The van der Waals surface area contributed by atoms with E-state index in [2.05, 4.69) is 16.7 Å². The van der Waals surface area contributed by atoms with E-state index >= 15 is 0 Å². The zero-order valence-corrected chi connectivity index (χ0v) is 9.27. The molecule has 0 N–H and O–H groups in total. The van der Waals surface area contributed by atoms with Gasteiger partial charge >= 0.3 is 5.97 Å². The highest BCUT2D eigenvalue weighted by Crippen LogP contribution is 2.14. The van der Waals surface area contributed by atoms with Gasteiger partial charge in [0.15, 0.2) is 0 Å². The molecule has 1 aromatic rings. The van der Waals surface area contributed by atoms with Crippen LogP contribution in [0.3, 0.4) is 0 Å². The standard InChI is InChI=1S/C12H15O4/c1-3-8-15-16-12(13)10-6-5-7-11(9-10)14-4-2/h5-7,9H,1,3-4,8H2,2H3. The first-order valence-electron chi connectivity index (χ1n) is 5.13. The molecule has 0 amide bonds. The highest BCUT2D eigenvalue weighted by Gasteiger charge is 2.08. The lowest BCUT2D eigenvalue weighted by molar-refractivity contribution is -0.239. The van der Waals surface area contributed by atoms with Crippen molar-refractivity contribution in [1.29, 1.82) is 0 Å². The van der Waals surface area contributed by atoms with Crippen molar-refractivity contribution in [2.45, 2.75) is 13.3 Å². The molecular formula is C12H15O4. The molecule has 0 spiro atoms. The molecule has 4 heteroatoms. The van der Waals surface area contributed by atoms with Crippen molar-refractivity contribution in [2.24, 2.45) is 0 Å². The molecule has 1 aromatic carbocycles. The van der Waals surface area contributed by atoms with Gasteiger partial charge in [-0.25, -0.2) is 4.79 Å². The maximum atomic E-state index is 11.5. The van der Waals surface area contributed by atoms with E-state index < -0.39 is 5.97 Å². The Labute approximate surface area is 95.1 Å². The summed E-state index contributed by atoms with van der Waals surface area (Å²) in [6.07, 6.45) is 0.548. The van der Waals surface area contributed by atoms with Gasteiger partial charge in [-0.05, 0) is 31.5 Å². The summed E-state index contributed by atoms with van der Waals surface area (Å²) < 4.78 is 5.26. The van der Waals surface area contributed by atoms with E-state index in [0.29, 0.717) is 24.3 Å². The maximum Gasteiger partial charge on any atom is 0.373 e. The Morgan fingerprint density at radius 3 is 2.94 bits per heavy atom. The fourth-order valence-corrected chi connectivity index (χ4v) is 1.08. The van der Waals surface area contributed by atoms with Crippen molar-refractivity contribution in [2.75, 3.05) is 13.2 Å². The molecule has 0 bridgehead atoms. The largest absolute Gasteiger partial charge is 0.494 e. The number of ether oxygens (including phenoxy) is 1. The second-order valence-corrected chi connectivity index (χ2v) is 3.01. The minimum absolute atomic E-state index is 0.289. The first kappa shape index (κ1) is 12.5. The van der Waals surface area contributed by atoms with Crippen molar-refractivity contribution in [1.82, 2.24) is 0 Å². The van der Waals surface area contributed by atoms with Gasteiger partial charge in [0.2, 0.25) is 0 Å².